The lowest BCUT2D eigenvalue weighted by Crippen LogP contribution is -2.33. The van der Waals surface area contributed by atoms with Gasteiger partial charge in [0.2, 0.25) is 0 Å². The van der Waals surface area contributed by atoms with Crippen molar-refractivity contribution in [2.24, 2.45) is 0 Å². The number of carbonyl (C=O) groups is 1. The van der Waals surface area contributed by atoms with Gasteiger partial charge in [-0.25, -0.2) is 4.79 Å². The molecule has 3 aromatic rings. The smallest absolute Gasteiger partial charge is 0.349 e. The second-order valence-electron chi connectivity index (χ2n) is 8.07. The number of fused-ring (bicyclic) bond motifs is 1. The number of hydrogen-bond donors (Lipinski definition) is 1. The number of nitrogens with zero attached hydrogens (tertiary/aromatic N) is 1. The number of amides is 1. The number of rotatable bonds is 5. The van der Waals surface area contributed by atoms with Crippen molar-refractivity contribution < 1.29 is 9.21 Å². The zero-order chi connectivity index (χ0) is 22.0. The first-order valence-corrected chi connectivity index (χ1v) is 12.0. The Kier molecular flexibility index (Phi) is 6.94. The molecule has 0 bridgehead atoms. The summed E-state index contributed by atoms with van der Waals surface area (Å²) in [6.07, 6.45) is 6.23. The molecule has 31 heavy (non-hydrogen) atoms. The summed E-state index contributed by atoms with van der Waals surface area (Å²) in [5.41, 5.74) is 1.45. The van der Waals surface area contributed by atoms with Crippen molar-refractivity contribution in [3.8, 4) is 0 Å². The van der Waals surface area contributed by atoms with Crippen molar-refractivity contribution in [3.63, 3.8) is 0 Å². The summed E-state index contributed by atoms with van der Waals surface area (Å²) in [6, 6.07) is 13.2. The van der Waals surface area contributed by atoms with Crippen LogP contribution in [0.5, 0.6) is 0 Å². The summed E-state index contributed by atoms with van der Waals surface area (Å²) in [5, 5.41) is 3.65. The highest BCUT2D eigenvalue weighted by molar-refractivity contribution is 9.11. The van der Waals surface area contributed by atoms with E-state index in [1.807, 2.05) is 24.3 Å². The molecule has 1 aliphatic rings. The van der Waals surface area contributed by atoms with Crippen molar-refractivity contribution in [2.45, 2.75) is 44.7 Å². The molecule has 0 radical (unpaired) electrons. The summed E-state index contributed by atoms with van der Waals surface area (Å²) in [6.45, 7) is 0.699. The van der Waals surface area contributed by atoms with Crippen LogP contribution < -0.4 is 10.9 Å². The maximum atomic E-state index is 13.0. The zero-order valence-electron chi connectivity index (χ0n) is 17.3. The molecule has 1 heterocycles. The van der Waals surface area contributed by atoms with Gasteiger partial charge >= 0.3 is 5.63 Å². The van der Waals surface area contributed by atoms with E-state index in [1.165, 1.54) is 32.1 Å². The van der Waals surface area contributed by atoms with Gasteiger partial charge in [0.1, 0.15) is 11.1 Å². The number of carbonyl (C=O) groups excluding carboxylic acids is 1. The minimum absolute atomic E-state index is 0.0138. The Bertz CT molecular complexity index is 1170. The minimum atomic E-state index is -0.648. The second-order valence-corrected chi connectivity index (χ2v) is 9.84. The lowest BCUT2D eigenvalue weighted by Gasteiger charge is -2.32. The maximum absolute atomic E-state index is 13.0. The summed E-state index contributed by atoms with van der Waals surface area (Å²) in [5.74, 6) is -0.482. The van der Waals surface area contributed by atoms with E-state index in [4.69, 9.17) is 4.42 Å². The van der Waals surface area contributed by atoms with Crippen molar-refractivity contribution in [1.82, 2.24) is 4.90 Å². The van der Waals surface area contributed by atoms with Gasteiger partial charge in [-0.05, 0) is 65.6 Å². The molecule has 7 heteroatoms. The molecule has 1 aromatic heterocycles. The fraction of sp³-hybridized carbons (Fsp3) is 0.333. The van der Waals surface area contributed by atoms with Crippen LogP contribution >= 0.6 is 31.9 Å². The number of halogens is 2. The first-order chi connectivity index (χ1) is 14.9. The van der Waals surface area contributed by atoms with Crippen molar-refractivity contribution in [3.05, 3.63) is 73.0 Å². The zero-order valence-corrected chi connectivity index (χ0v) is 20.5. The fourth-order valence-corrected chi connectivity index (χ4v) is 5.63. The number of nitrogens with one attached hydrogen (secondary N) is 1. The van der Waals surface area contributed by atoms with Crippen LogP contribution in [0.4, 0.5) is 5.69 Å². The standard InChI is InChI=1S/C24H24Br2N2O3/c1-28(18-8-3-2-4-9-18)14-16-11-17(25)13-20(26)22(16)27-23(29)19-12-15-7-5-6-10-21(15)31-24(19)30/h5-7,10-13,18H,2-4,8-9,14H2,1H3,(H,27,29). The Morgan fingerprint density at radius 1 is 1.13 bits per heavy atom. The lowest BCUT2D eigenvalue weighted by molar-refractivity contribution is 0.102. The topological polar surface area (TPSA) is 62.6 Å². The van der Waals surface area contributed by atoms with Gasteiger partial charge in [0.05, 0.1) is 5.69 Å². The third-order valence-corrected chi connectivity index (χ3v) is 6.96. The molecule has 0 atom stereocenters. The molecule has 1 saturated carbocycles. The van der Waals surface area contributed by atoms with Crippen molar-refractivity contribution in [1.29, 1.82) is 0 Å². The van der Waals surface area contributed by atoms with Crippen molar-refractivity contribution in [2.75, 3.05) is 12.4 Å². The van der Waals surface area contributed by atoms with Gasteiger partial charge < -0.3 is 9.73 Å². The molecule has 162 valence electrons. The third kappa shape index (κ3) is 5.10. The van der Waals surface area contributed by atoms with Gasteiger partial charge in [-0.3, -0.25) is 9.69 Å². The third-order valence-electron chi connectivity index (χ3n) is 5.88. The summed E-state index contributed by atoms with van der Waals surface area (Å²) in [4.78, 5) is 27.8. The fourth-order valence-electron chi connectivity index (χ4n) is 4.21. The van der Waals surface area contributed by atoms with E-state index in [0.29, 0.717) is 29.2 Å². The predicted octanol–water partition coefficient (Wildman–Crippen LogP) is 6.33. The predicted molar refractivity (Wildman–Crippen MR) is 131 cm³/mol. The van der Waals surface area contributed by atoms with Crippen LogP contribution in [0.25, 0.3) is 11.0 Å². The van der Waals surface area contributed by atoms with Gasteiger partial charge in [-0.2, -0.15) is 0 Å². The van der Waals surface area contributed by atoms with Crippen LogP contribution in [0, 0.1) is 0 Å². The van der Waals surface area contributed by atoms with E-state index in [0.717, 1.165) is 14.5 Å². The molecule has 1 aliphatic carbocycles. The van der Waals surface area contributed by atoms with Gasteiger partial charge in [0, 0.05) is 26.9 Å². The number of anilines is 1. The van der Waals surface area contributed by atoms with Gasteiger partial charge in [0.25, 0.3) is 5.91 Å². The average Bonchev–Trinajstić information content (AvgIpc) is 2.76. The monoisotopic (exact) mass is 546 g/mol. The Morgan fingerprint density at radius 3 is 2.65 bits per heavy atom. The van der Waals surface area contributed by atoms with E-state index in [1.54, 1.807) is 18.2 Å². The van der Waals surface area contributed by atoms with Crippen LogP contribution in [-0.2, 0) is 6.54 Å². The van der Waals surface area contributed by atoms with Crippen LogP contribution in [0.15, 0.2) is 60.6 Å². The molecule has 0 saturated heterocycles. The molecule has 0 unspecified atom stereocenters. The molecule has 4 rings (SSSR count). The van der Waals surface area contributed by atoms with E-state index in [-0.39, 0.29) is 5.56 Å². The molecule has 1 N–H and O–H groups in total. The molecule has 1 fully saturated rings. The molecule has 5 nitrogen and oxygen atoms in total. The summed E-state index contributed by atoms with van der Waals surface area (Å²) < 4.78 is 7.01. The Balaban J connectivity index is 1.62. The molecule has 0 spiro atoms. The van der Waals surface area contributed by atoms with E-state index in [2.05, 4.69) is 49.1 Å². The minimum Gasteiger partial charge on any atom is -0.422 e. The van der Waals surface area contributed by atoms with Crippen molar-refractivity contribution >= 4 is 54.4 Å². The normalized spacial score (nSPS) is 14.8. The summed E-state index contributed by atoms with van der Waals surface area (Å²) >= 11 is 7.14. The largest absolute Gasteiger partial charge is 0.422 e. The average molecular weight is 548 g/mol. The van der Waals surface area contributed by atoms with Crippen LogP contribution in [0.1, 0.15) is 48.0 Å². The van der Waals surface area contributed by atoms with E-state index < -0.39 is 11.5 Å². The SMILES string of the molecule is CN(Cc1cc(Br)cc(Br)c1NC(=O)c1cc2ccccc2oc1=O)C1CCCCC1. The highest BCUT2D eigenvalue weighted by Gasteiger charge is 2.22. The molecule has 0 aliphatic heterocycles. The number of benzene rings is 2. The Hall–Kier alpha value is -1.96. The Morgan fingerprint density at radius 2 is 1.87 bits per heavy atom. The van der Waals surface area contributed by atoms with Gasteiger partial charge in [-0.1, -0.05) is 53.4 Å². The van der Waals surface area contributed by atoms with Gasteiger partial charge in [0.15, 0.2) is 0 Å². The van der Waals surface area contributed by atoms with Crippen LogP contribution in [-0.4, -0.2) is 23.9 Å². The van der Waals surface area contributed by atoms with Gasteiger partial charge in [-0.15, -0.1) is 0 Å². The maximum Gasteiger partial charge on any atom is 0.349 e. The lowest BCUT2D eigenvalue weighted by atomic mass is 9.94. The van der Waals surface area contributed by atoms with Crippen LogP contribution in [0.3, 0.4) is 0 Å². The second kappa shape index (κ2) is 9.67. The van der Waals surface area contributed by atoms with E-state index >= 15 is 0 Å². The highest BCUT2D eigenvalue weighted by Crippen LogP contribution is 2.33. The van der Waals surface area contributed by atoms with E-state index in [9.17, 15) is 9.59 Å². The number of hydrogen-bond acceptors (Lipinski definition) is 4. The highest BCUT2D eigenvalue weighted by atomic mass is 79.9. The first-order valence-electron chi connectivity index (χ1n) is 10.4. The Labute approximate surface area is 198 Å². The molecular formula is C24H24Br2N2O3. The first kappa shape index (κ1) is 22.2. The number of para-hydroxylation sites is 1. The molecule has 1 amide bonds. The summed E-state index contributed by atoms with van der Waals surface area (Å²) in [7, 11) is 2.13. The molecule has 2 aromatic carbocycles. The quantitative estimate of drug-likeness (QED) is 0.379. The molecular weight excluding hydrogens is 524 g/mol. The van der Waals surface area contributed by atoms with Crippen LogP contribution in [0.2, 0.25) is 0 Å².